The maximum atomic E-state index is 13.5. The second-order valence-electron chi connectivity index (χ2n) is 16.3. The molecule has 3 amide bonds. The number of pyridine rings is 1. The van der Waals surface area contributed by atoms with Crippen molar-refractivity contribution in [3.8, 4) is 5.75 Å². The van der Waals surface area contributed by atoms with Crippen LogP contribution >= 0.6 is 0 Å². The lowest BCUT2D eigenvalue weighted by molar-refractivity contribution is -0.135. The monoisotopic (exact) mass is 762 g/mol. The smallest absolute Gasteiger partial charge is 0.329 e. The summed E-state index contributed by atoms with van der Waals surface area (Å²) in [5, 5.41) is 21.5. The van der Waals surface area contributed by atoms with Crippen LogP contribution < -0.4 is 21.1 Å². The van der Waals surface area contributed by atoms with E-state index in [2.05, 4.69) is 37.5 Å². The van der Waals surface area contributed by atoms with E-state index in [0.717, 1.165) is 85.7 Å². The second-order valence-corrected chi connectivity index (χ2v) is 16.3. The zero-order valence-corrected chi connectivity index (χ0v) is 32.5. The number of aryl methyl sites for hydroxylation is 1. The number of hydrogen-bond acceptors (Lipinski definition) is 9. The summed E-state index contributed by atoms with van der Waals surface area (Å²) in [6, 6.07) is 14.4. The normalized spacial score (nSPS) is 21.4. The number of methoxy groups -OCH3 is 1. The molecule has 0 radical (unpaired) electrons. The molecular formula is C42H50N8O6. The molecule has 56 heavy (non-hydrogen) atoms. The molecule has 3 N–H and O–H groups in total. The minimum absolute atomic E-state index is 0.202. The average Bonchev–Trinajstić information content (AvgIpc) is 3.72. The van der Waals surface area contributed by atoms with Gasteiger partial charge in [0.25, 0.3) is 5.91 Å². The minimum Gasteiger partial charge on any atom is -0.494 e. The van der Waals surface area contributed by atoms with E-state index in [1.807, 2.05) is 24.3 Å². The van der Waals surface area contributed by atoms with E-state index in [4.69, 9.17) is 9.84 Å². The Kier molecular flexibility index (Phi) is 10.0. The first-order valence-corrected chi connectivity index (χ1v) is 19.7. The molecule has 3 aromatic heterocycles. The standard InChI is InChI=1S/C42H50N8O6/c1-42(2,55)36-10-6-8-30(43-36)39(52)44-32-21-27-24-49(46-31(27)22-35(32)56-4)28-13-11-25(12-14-28)23-48-19-17-26(18-20-48)29-7-5-9-33-38(29)47(3)41(54)50(33)34-15-16-37(51)45-40(34)53/h5-10,21-22,24-26,28,34,55H,11-20,23H2,1-4H3,(H,44,52)(H,45,51,53)/t25-,28-,34-/m0/s1. The molecule has 5 heterocycles. The second kappa shape index (κ2) is 15.0. The number of imidazole rings is 1. The Morgan fingerprint density at radius 1 is 1.00 bits per heavy atom. The highest BCUT2D eigenvalue weighted by atomic mass is 16.5. The summed E-state index contributed by atoms with van der Waals surface area (Å²) in [4.78, 5) is 58.1. The number of likely N-dealkylation sites (tertiary alicyclic amines) is 1. The highest BCUT2D eigenvalue weighted by molar-refractivity contribution is 6.05. The largest absolute Gasteiger partial charge is 0.494 e. The van der Waals surface area contributed by atoms with Gasteiger partial charge in [-0.1, -0.05) is 18.2 Å². The molecule has 0 unspecified atom stereocenters. The highest BCUT2D eigenvalue weighted by Crippen LogP contribution is 2.38. The van der Waals surface area contributed by atoms with Crippen LogP contribution in [0.25, 0.3) is 21.9 Å². The lowest BCUT2D eigenvalue weighted by atomic mass is 9.84. The SMILES string of the molecule is COc1cc2nn([C@H]3CC[C@H](CN4CCC(c5cccc6c5n(C)c(=O)n6[C@H]5CCC(=O)NC5=O)CC4)CC3)cc2cc1NC(=O)c1cccc(C(C)(C)O)n1. The number of rotatable bonds is 9. The molecule has 0 bridgehead atoms. The van der Waals surface area contributed by atoms with Crippen molar-refractivity contribution in [2.24, 2.45) is 13.0 Å². The molecule has 2 aromatic carbocycles. The van der Waals surface area contributed by atoms with Crippen molar-refractivity contribution in [2.45, 2.75) is 88.8 Å². The first-order chi connectivity index (χ1) is 26.9. The number of benzene rings is 2. The summed E-state index contributed by atoms with van der Waals surface area (Å²) in [5.74, 6) is 0.341. The molecule has 8 rings (SSSR count). The molecule has 14 heteroatoms. The van der Waals surface area contributed by atoms with Gasteiger partial charge in [0.1, 0.15) is 23.1 Å². The Balaban J connectivity index is 0.877. The maximum absolute atomic E-state index is 13.5. The Labute approximate surface area is 324 Å². The number of hydrogen-bond donors (Lipinski definition) is 3. The summed E-state index contributed by atoms with van der Waals surface area (Å²) in [6.07, 6.45) is 8.93. The van der Waals surface area contributed by atoms with Gasteiger partial charge >= 0.3 is 5.69 Å². The van der Waals surface area contributed by atoms with E-state index in [1.165, 1.54) is 0 Å². The third-order valence-electron chi connectivity index (χ3n) is 12.1. The number of ether oxygens (including phenoxy) is 1. The third-order valence-corrected chi connectivity index (χ3v) is 12.1. The van der Waals surface area contributed by atoms with Crippen LogP contribution in [0, 0.1) is 5.92 Å². The molecular weight excluding hydrogens is 713 g/mol. The van der Waals surface area contributed by atoms with Crippen molar-refractivity contribution in [1.82, 2.24) is 34.1 Å². The summed E-state index contributed by atoms with van der Waals surface area (Å²) in [7, 11) is 3.35. The van der Waals surface area contributed by atoms with Gasteiger partial charge in [-0.15, -0.1) is 0 Å². The van der Waals surface area contributed by atoms with E-state index in [-0.39, 0.29) is 23.7 Å². The molecule has 14 nitrogen and oxygen atoms in total. The Morgan fingerprint density at radius 2 is 1.75 bits per heavy atom. The number of carbonyl (C=O) groups is 3. The number of nitrogens with zero attached hydrogens (tertiary/aromatic N) is 6. The average molecular weight is 763 g/mol. The van der Waals surface area contributed by atoms with Crippen LogP contribution in [0.2, 0.25) is 0 Å². The van der Waals surface area contributed by atoms with E-state index < -0.39 is 23.5 Å². The van der Waals surface area contributed by atoms with E-state index in [1.54, 1.807) is 55.3 Å². The molecule has 1 atom stereocenters. The first kappa shape index (κ1) is 37.6. The number of aliphatic hydroxyl groups is 1. The van der Waals surface area contributed by atoms with Crippen molar-refractivity contribution in [2.75, 3.05) is 32.1 Å². The number of piperidine rings is 2. The van der Waals surface area contributed by atoms with Crippen molar-refractivity contribution in [3.63, 3.8) is 0 Å². The number of aromatic nitrogens is 5. The fraction of sp³-hybridized carbons (Fsp3) is 0.476. The molecule has 2 aliphatic heterocycles. The predicted octanol–water partition coefficient (Wildman–Crippen LogP) is 5.16. The van der Waals surface area contributed by atoms with Gasteiger partial charge in [0.05, 0.1) is 41.1 Å². The summed E-state index contributed by atoms with van der Waals surface area (Å²) in [6.45, 7) is 6.33. The number of imide groups is 1. The van der Waals surface area contributed by atoms with Crippen LogP contribution in [0.15, 0.2) is 59.5 Å². The Morgan fingerprint density at radius 3 is 2.46 bits per heavy atom. The predicted molar refractivity (Wildman–Crippen MR) is 212 cm³/mol. The van der Waals surface area contributed by atoms with Crippen LogP contribution in [0.5, 0.6) is 5.75 Å². The van der Waals surface area contributed by atoms with Crippen molar-refractivity contribution in [1.29, 1.82) is 0 Å². The highest BCUT2D eigenvalue weighted by Gasteiger charge is 2.33. The van der Waals surface area contributed by atoms with Crippen LogP contribution in [0.3, 0.4) is 0 Å². The van der Waals surface area contributed by atoms with Gasteiger partial charge in [0.2, 0.25) is 11.8 Å². The molecule has 1 aliphatic carbocycles. The lowest BCUT2D eigenvalue weighted by Crippen LogP contribution is -2.44. The zero-order chi connectivity index (χ0) is 39.3. The molecule has 3 aliphatic rings. The number of anilines is 1. The summed E-state index contributed by atoms with van der Waals surface area (Å²) in [5.41, 5.74) is 3.34. The fourth-order valence-electron chi connectivity index (χ4n) is 9.03. The zero-order valence-electron chi connectivity index (χ0n) is 32.5. The van der Waals surface area contributed by atoms with Crippen LogP contribution in [0.1, 0.15) is 105 Å². The molecule has 2 saturated heterocycles. The number of carbonyl (C=O) groups excluding carboxylic acids is 3. The molecule has 3 fully saturated rings. The number of amides is 3. The Hall–Kier alpha value is -5.34. The van der Waals surface area contributed by atoms with Crippen molar-refractivity contribution in [3.05, 3.63) is 82.2 Å². The number of para-hydroxylation sites is 1. The quantitative estimate of drug-likeness (QED) is 0.172. The van der Waals surface area contributed by atoms with E-state index in [9.17, 15) is 24.3 Å². The molecule has 0 spiro atoms. The lowest BCUT2D eigenvalue weighted by Gasteiger charge is -2.37. The summed E-state index contributed by atoms with van der Waals surface area (Å²) < 4.78 is 11.0. The maximum Gasteiger partial charge on any atom is 0.329 e. The van der Waals surface area contributed by atoms with Gasteiger partial charge in [-0.3, -0.25) is 33.5 Å². The van der Waals surface area contributed by atoms with Crippen LogP contribution in [-0.2, 0) is 22.2 Å². The molecule has 5 aromatic rings. The van der Waals surface area contributed by atoms with Crippen molar-refractivity contribution >= 4 is 45.3 Å². The number of fused-ring (bicyclic) bond motifs is 2. The van der Waals surface area contributed by atoms with Crippen LogP contribution in [0.4, 0.5) is 5.69 Å². The summed E-state index contributed by atoms with van der Waals surface area (Å²) >= 11 is 0. The van der Waals surface area contributed by atoms with Gasteiger partial charge in [-0.25, -0.2) is 9.78 Å². The van der Waals surface area contributed by atoms with E-state index >= 15 is 0 Å². The van der Waals surface area contributed by atoms with Gasteiger partial charge in [0.15, 0.2) is 0 Å². The van der Waals surface area contributed by atoms with Gasteiger partial charge in [0, 0.05) is 37.7 Å². The van der Waals surface area contributed by atoms with Crippen LogP contribution in [-0.4, -0.2) is 78.4 Å². The van der Waals surface area contributed by atoms with Gasteiger partial charge < -0.3 is 20.1 Å². The first-order valence-electron chi connectivity index (χ1n) is 19.7. The number of nitrogens with one attached hydrogen (secondary N) is 2. The fourth-order valence-corrected chi connectivity index (χ4v) is 9.03. The van der Waals surface area contributed by atoms with Gasteiger partial charge in [-0.05, 0) is 114 Å². The van der Waals surface area contributed by atoms with Gasteiger partial charge in [-0.2, -0.15) is 5.10 Å². The third kappa shape index (κ3) is 7.23. The molecule has 294 valence electrons. The topological polar surface area (TPSA) is 166 Å². The minimum atomic E-state index is -1.17. The van der Waals surface area contributed by atoms with Crippen molar-refractivity contribution < 1.29 is 24.2 Å². The molecule has 1 saturated carbocycles. The Bertz CT molecular complexity index is 2370. The van der Waals surface area contributed by atoms with E-state index in [0.29, 0.717) is 41.4 Å².